The highest BCUT2D eigenvalue weighted by Gasteiger charge is 2.12. The molecule has 2 aromatic carbocycles. The van der Waals surface area contributed by atoms with E-state index in [1.165, 1.54) is 7.11 Å². The molecule has 0 saturated carbocycles. The highest BCUT2D eigenvalue weighted by molar-refractivity contribution is 6.31. The Morgan fingerprint density at radius 2 is 1.80 bits per heavy atom. The van der Waals surface area contributed by atoms with E-state index in [0.29, 0.717) is 22.8 Å². The number of nitrogens with one attached hydrogen (secondary N) is 1. The first-order valence-electron chi connectivity index (χ1n) is 7.97. The highest BCUT2D eigenvalue weighted by Crippen LogP contribution is 2.17. The van der Waals surface area contributed by atoms with E-state index in [2.05, 4.69) is 10.1 Å². The van der Waals surface area contributed by atoms with Gasteiger partial charge >= 0.3 is 5.97 Å². The lowest BCUT2D eigenvalue weighted by Crippen LogP contribution is -2.32. The molecule has 0 aromatic heterocycles. The van der Waals surface area contributed by atoms with Crippen LogP contribution in [0.4, 0.5) is 5.69 Å². The molecule has 0 spiro atoms. The summed E-state index contributed by atoms with van der Waals surface area (Å²) in [5.41, 5.74) is 2.06. The van der Waals surface area contributed by atoms with Gasteiger partial charge < -0.3 is 10.1 Å². The molecule has 132 valence electrons. The monoisotopic (exact) mass is 360 g/mol. The molecule has 0 aliphatic carbocycles. The number of esters is 1. The molecule has 25 heavy (non-hydrogen) atoms. The number of methoxy groups -OCH3 is 1. The Hall–Kier alpha value is -2.37. The number of hydrogen-bond donors (Lipinski definition) is 1. The first-order valence-corrected chi connectivity index (χ1v) is 8.35. The van der Waals surface area contributed by atoms with E-state index in [0.717, 1.165) is 12.1 Å². The summed E-state index contributed by atoms with van der Waals surface area (Å²) < 4.78 is 4.65. The van der Waals surface area contributed by atoms with Gasteiger partial charge in [0.25, 0.3) is 0 Å². The van der Waals surface area contributed by atoms with Crippen LogP contribution in [0.25, 0.3) is 0 Å². The van der Waals surface area contributed by atoms with Crippen molar-refractivity contribution in [3.63, 3.8) is 0 Å². The molecule has 2 rings (SSSR count). The van der Waals surface area contributed by atoms with Crippen LogP contribution < -0.4 is 5.32 Å². The number of halogens is 1. The third-order valence-corrected chi connectivity index (χ3v) is 4.12. The second-order valence-electron chi connectivity index (χ2n) is 5.51. The maximum absolute atomic E-state index is 12.3. The number of carbonyl (C=O) groups excluding carboxylic acids is 2. The molecular formula is C19H21ClN2O3. The van der Waals surface area contributed by atoms with Crippen molar-refractivity contribution in [3.8, 4) is 0 Å². The zero-order chi connectivity index (χ0) is 18.2. The minimum atomic E-state index is -0.408. The lowest BCUT2D eigenvalue weighted by Gasteiger charge is -2.20. The molecule has 6 heteroatoms. The molecule has 0 aliphatic heterocycles. The van der Waals surface area contributed by atoms with E-state index < -0.39 is 5.97 Å². The summed E-state index contributed by atoms with van der Waals surface area (Å²) in [5, 5.41) is 3.52. The molecule has 5 nitrogen and oxygen atoms in total. The standard InChI is InChI=1S/C19H21ClN2O3/c1-3-22(12-15-6-4-5-7-17(15)20)13-18(23)21-16-10-8-14(9-11-16)19(24)25-2/h4-11H,3,12-13H2,1-2H3,(H,21,23). The number of amides is 1. The van der Waals surface area contributed by atoms with Gasteiger partial charge in [-0.2, -0.15) is 0 Å². The fraction of sp³-hybridized carbons (Fsp3) is 0.263. The van der Waals surface area contributed by atoms with Crippen molar-refractivity contribution >= 4 is 29.2 Å². The van der Waals surface area contributed by atoms with Crippen molar-refractivity contribution in [3.05, 3.63) is 64.7 Å². The molecular weight excluding hydrogens is 340 g/mol. The fourth-order valence-electron chi connectivity index (χ4n) is 2.36. The van der Waals surface area contributed by atoms with Crippen molar-refractivity contribution in [2.45, 2.75) is 13.5 Å². The Bertz CT molecular complexity index is 732. The molecule has 0 heterocycles. The molecule has 0 unspecified atom stereocenters. The molecule has 0 atom stereocenters. The second kappa shape index (κ2) is 9.20. The summed E-state index contributed by atoms with van der Waals surface area (Å²) in [4.78, 5) is 25.7. The molecule has 0 aliphatic rings. The molecule has 0 fully saturated rings. The maximum Gasteiger partial charge on any atom is 0.337 e. The molecule has 0 radical (unpaired) electrons. The highest BCUT2D eigenvalue weighted by atomic mass is 35.5. The van der Waals surface area contributed by atoms with Crippen LogP contribution in [0.3, 0.4) is 0 Å². The lowest BCUT2D eigenvalue weighted by molar-refractivity contribution is -0.117. The van der Waals surface area contributed by atoms with Crippen LogP contribution in [0, 0.1) is 0 Å². The summed E-state index contributed by atoms with van der Waals surface area (Å²) in [6, 6.07) is 14.2. The quantitative estimate of drug-likeness (QED) is 0.766. The van der Waals surface area contributed by atoms with E-state index in [1.54, 1.807) is 24.3 Å². The number of likely N-dealkylation sites (N-methyl/N-ethyl adjacent to an activating group) is 1. The predicted molar refractivity (Wildman–Crippen MR) is 98.8 cm³/mol. The average molecular weight is 361 g/mol. The van der Waals surface area contributed by atoms with E-state index in [9.17, 15) is 9.59 Å². The number of hydrogen-bond acceptors (Lipinski definition) is 4. The SMILES string of the molecule is CCN(CC(=O)Nc1ccc(C(=O)OC)cc1)Cc1ccccc1Cl. The molecule has 1 N–H and O–H groups in total. The Morgan fingerprint density at radius 1 is 1.12 bits per heavy atom. The second-order valence-corrected chi connectivity index (χ2v) is 5.92. The fourth-order valence-corrected chi connectivity index (χ4v) is 2.55. The Labute approximate surface area is 152 Å². The van der Waals surface area contributed by atoms with Gasteiger partial charge in [-0.15, -0.1) is 0 Å². The van der Waals surface area contributed by atoms with Gasteiger partial charge in [-0.1, -0.05) is 36.7 Å². The largest absolute Gasteiger partial charge is 0.465 e. The van der Waals surface area contributed by atoms with Gasteiger partial charge in [0, 0.05) is 17.3 Å². The summed E-state index contributed by atoms with van der Waals surface area (Å²) in [7, 11) is 1.33. The summed E-state index contributed by atoms with van der Waals surface area (Å²) in [6.07, 6.45) is 0. The molecule has 0 saturated heterocycles. The van der Waals surface area contributed by atoms with Crippen LogP contribution in [-0.4, -0.2) is 37.0 Å². The van der Waals surface area contributed by atoms with Crippen LogP contribution in [0.1, 0.15) is 22.8 Å². The van der Waals surface area contributed by atoms with Crippen molar-refractivity contribution in [2.75, 3.05) is 25.5 Å². The first-order chi connectivity index (χ1) is 12.0. The third-order valence-electron chi connectivity index (χ3n) is 3.76. The van der Waals surface area contributed by atoms with Gasteiger partial charge in [-0.05, 0) is 42.4 Å². The normalized spacial score (nSPS) is 10.6. The number of anilines is 1. The zero-order valence-corrected chi connectivity index (χ0v) is 15.0. The van der Waals surface area contributed by atoms with Gasteiger partial charge in [0.05, 0.1) is 19.2 Å². The Morgan fingerprint density at radius 3 is 2.40 bits per heavy atom. The van der Waals surface area contributed by atoms with Gasteiger partial charge in [0.2, 0.25) is 5.91 Å². The minimum Gasteiger partial charge on any atom is -0.465 e. The zero-order valence-electron chi connectivity index (χ0n) is 14.3. The van der Waals surface area contributed by atoms with E-state index in [4.69, 9.17) is 11.6 Å². The first kappa shape index (κ1) is 19.0. The van der Waals surface area contributed by atoms with E-state index in [1.807, 2.05) is 36.1 Å². The molecule has 0 bridgehead atoms. The van der Waals surface area contributed by atoms with Crippen molar-refractivity contribution in [1.29, 1.82) is 0 Å². The number of ether oxygens (including phenoxy) is 1. The van der Waals surface area contributed by atoms with Gasteiger partial charge in [0.15, 0.2) is 0 Å². The van der Waals surface area contributed by atoms with E-state index >= 15 is 0 Å². The maximum atomic E-state index is 12.3. The van der Waals surface area contributed by atoms with E-state index in [-0.39, 0.29) is 12.5 Å². The van der Waals surface area contributed by atoms with Crippen LogP contribution in [-0.2, 0) is 16.1 Å². The number of carbonyl (C=O) groups is 2. The van der Waals surface area contributed by atoms with Crippen LogP contribution in [0.15, 0.2) is 48.5 Å². The summed E-state index contributed by atoms with van der Waals surface area (Å²) in [6.45, 7) is 3.57. The smallest absolute Gasteiger partial charge is 0.337 e. The predicted octanol–water partition coefficient (Wildman–Crippen LogP) is 3.59. The van der Waals surface area contributed by atoms with Crippen molar-refractivity contribution < 1.29 is 14.3 Å². The molecule has 2 aromatic rings. The Kier molecular flexibility index (Phi) is 6.98. The molecule has 1 amide bonds. The van der Waals surface area contributed by atoms with Crippen molar-refractivity contribution in [2.24, 2.45) is 0 Å². The summed E-state index contributed by atoms with van der Waals surface area (Å²) >= 11 is 6.18. The average Bonchev–Trinajstić information content (AvgIpc) is 2.62. The number of rotatable bonds is 7. The van der Waals surface area contributed by atoms with Gasteiger partial charge in [-0.25, -0.2) is 4.79 Å². The minimum absolute atomic E-state index is 0.125. The topological polar surface area (TPSA) is 58.6 Å². The van der Waals surface area contributed by atoms with Crippen molar-refractivity contribution in [1.82, 2.24) is 4.90 Å². The Balaban J connectivity index is 1.93. The van der Waals surface area contributed by atoms with Crippen LogP contribution in [0.2, 0.25) is 5.02 Å². The third kappa shape index (κ3) is 5.59. The number of benzene rings is 2. The van der Waals surface area contributed by atoms with Gasteiger partial charge in [0.1, 0.15) is 0 Å². The van der Waals surface area contributed by atoms with Crippen LogP contribution >= 0.6 is 11.6 Å². The van der Waals surface area contributed by atoms with Gasteiger partial charge in [-0.3, -0.25) is 9.69 Å². The number of nitrogens with zero attached hydrogens (tertiary/aromatic N) is 1. The van der Waals surface area contributed by atoms with Crippen LogP contribution in [0.5, 0.6) is 0 Å². The summed E-state index contributed by atoms with van der Waals surface area (Å²) in [5.74, 6) is -0.533. The lowest BCUT2D eigenvalue weighted by atomic mass is 10.2.